The lowest BCUT2D eigenvalue weighted by Crippen LogP contribution is -2.40. The van der Waals surface area contributed by atoms with Crippen molar-refractivity contribution >= 4 is 52.4 Å². The van der Waals surface area contributed by atoms with Crippen LogP contribution in [0.1, 0.15) is 17.5 Å². The van der Waals surface area contributed by atoms with E-state index < -0.39 is 5.92 Å². The number of thioether (sulfide) groups is 1. The third-order valence-electron chi connectivity index (χ3n) is 5.51. The van der Waals surface area contributed by atoms with Gasteiger partial charge in [-0.25, -0.2) is 0 Å². The van der Waals surface area contributed by atoms with Crippen molar-refractivity contribution in [2.24, 2.45) is 5.92 Å². The molecular formula is C24H22ClN3O4S. The van der Waals surface area contributed by atoms with Crippen LogP contribution in [0.2, 0.25) is 5.02 Å². The van der Waals surface area contributed by atoms with E-state index in [9.17, 15) is 19.2 Å². The van der Waals surface area contributed by atoms with Crippen molar-refractivity contribution in [3.05, 3.63) is 75.7 Å². The standard InChI is InChI=1S/C24H22ClN3O4S/c25-19-9-5-4-8-17(19)14-27-15-18(13-21(27)29)22(30)26-10-11-28-23(31)20(33-24(28)32)12-16-6-2-1-3-7-16/h1-9,12,18H,10-11,13-15H2,(H,26,30)/b20-12-. The summed E-state index contributed by atoms with van der Waals surface area (Å²) in [5.41, 5.74) is 1.67. The smallest absolute Gasteiger partial charge is 0.293 e. The molecule has 2 saturated heterocycles. The number of amides is 4. The monoisotopic (exact) mass is 483 g/mol. The third kappa shape index (κ3) is 5.46. The SMILES string of the molecule is O=C(NCCN1C(=O)S/C(=C\c2ccccc2)C1=O)C1CC(=O)N(Cc2ccccc2Cl)C1. The Hall–Kier alpha value is -3.10. The summed E-state index contributed by atoms with van der Waals surface area (Å²) < 4.78 is 0. The number of nitrogens with one attached hydrogen (secondary N) is 1. The van der Waals surface area contributed by atoms with Gasteiger partial charge in [0.15, 0.2) is 0 Å². The Bertz CT molecular complexity index is 1120. The van der Waals surface area contributed by atoms with Crippen LogP contribution in [0, 0.1) is 5.92 Å². The van der Waals surface area contributed by atoms with E-state index in [-0.39, 0.29) is 42.5 Å². The molecule has 33 heavy (non-hydrogen) atoms. The molecule has 2 heterocycles. The molecule has 0 bridgehead atoms. The van der Waals surface area contributed by atoms with E-state index in [0.717, 1.165) is 27.8 Å². The first-order chi connectivity index (χ1) is 15.9. The second-order valence-corrected chi connectivity index (χ2v) is 9.20. The number of hydrogen-bond acceptors (Lipinski definition) is 5. The Balaban J connectivity index is 1.27. The molecule has 2 aliphatic heterocycles. The van der Waals surface area contributed by atoms with Gasteiger partial charge >= 0.3 is 0 Å². The van der Waals surface area contributed by atoms with E-state index in [2.05, 4.69) is 5.32 Å². The minimum absolute atomic E-state index is 0.0759. The van der Waals surface area contributed by atoms with Crippen molar-refractivity contribution in [1.82, 2.24) is 15.1 Å². The number of nitrogens with zero attached hydrogens (tertiary/aromatic N) is 2. The third-order valence-corrected chi connectivity index (χ3v) is 6.79. The predicted octanol–water partition coefficient (Wildman–Crippen LogP) is 3.54. The van der Waals surface area contributed by atoms with Gasteiger partial charge in [-0.05, 0) is 35.0 Å². The van der Waals surface area contributed by atoms with Gasteiger partial charge in [0.25, 0.3) is 11.1 Å². The molecule has 0 radical (unpaired) electrons. The molecule has 4 amide bonds. The van der Waals surface area contributed by atoms with Crippen molar-refractivity contribution in [2.75, 3.05) is 19.6 Å². The molecule has 170 valence electrons. The molecule has 0 aromatic heterocycles. The van der Waals surface area contributed by atoms with Crippen LogP contribution < -0.4 is 5.32 Å². The van der Waals surface area contributed by atoms with Gasteiger partial charge in [0.05, 0.1) is 10.8 Å². The topological polar surface area (TPSA) is 86.8 Å². The van der Waals surface area contributed by atoms with Crippen LogP contribution in [0.4, 0.5) is 4.79 Å². The van der Waals surface area contributed by atoms with Crippen molar-refractivity contribution in [1.29, 1.82) is 0 Å². The van der Waals surface area contributed by atoms with Crippen LogP contribution in [0.5, 0.6) is 0 Å². The zero-order chi connectivity index (χ0) is 23.4. The first-order valence-electron chi connectivity index (χ1n) is 10.5. The fraction of sp³-hybridized carbons (Fsp3) is 0.250. The summed E-state index contributed by atoms with van der Waals surface area (Å²) >= 11 is 7.06. The van der Waals surface area contributed by atoms with Crippen LogP contribution in [0.3, 0.4) is 0 Å². The maximum Gasteiger partial charge on any atom is 0.293 e. The van der Waals surface area contributed by atoms with Crippen molar-refractivity contribution in [3.63, 3.8) is 0 Å². The lowest BCUT2D eigenvalue weighted by atomic mass is 10.1. The van der Waals surface area contributed by atoms with E-state index >= 15 is 0 Å². The molecule has 2 aliphatic rings. The van der Waals surface area contributed by atoms with Crippen LogP contribution in [-0.4, -0.2) is 52.4 Å². The predicted molar refractivity (Wildman–Crippen MR) is 127 cm³/mol. The summed E-state index contributed by atoms with van der Waals surface area (Å²) in [6.07, 6.45) is 1.80. The minimum atomic E-state index is -0.479. The van der Waals surface area contributed by atoms with Gasteiger partial charge in [-0.15, -0.1) is 0 Å². The second kappa shape index (κ2) is 10.2. The Labute approximate surface area is 200 Å². The van der Waals surface area contributed by atoms with Gasteiger partial charge in [0, 0.05) is 37.6 Å². The van der Waals surface area contributed by atoms with Gasteiger partial charge in [0.2, 0.25) is 11.8 Å². The quantitative estimate of drug-likeness (QED) is 0.609. The molecular weight excluding hydrogens is 462 g/mol. The summed E-state index contributed by atoms with van der Waals surface area (Å²) in [4.78, 5) is 52.9. The highest BCUT2D eigenvalue weighted by atomic mass is 35.5. The largest absolute Gasteiger partial charge is 0.354 e. The van der Waals surface area contributed by atoms with Crippen molar-refractivity contribution in [2.45, 2.75) is 13.0 Å². The molecule has 2 aromatic rings. The van der Waals surface area contributed by atoms with Crippen molar-refractivity contribution < 1.29 is 19.2 Å². The maximum absolute atomic E-state index is 12.6. The summed E-state index contributed by atoms with van der Waals surface area (Å²) in [7, 11) is 0. The highest BCUT2D eigenvalue weighted by Crippen LogP contribution is 2.32. The molecule has 4 rings (SSSR count). The normalized spacial score (nSPS) is 19.6. The fourth-order valence-electron chi connectivity index (χ4n) is 3.76. The Morgan fingerprint density at radius 1 is 1.09 bits per heavy atom. The Kier molecular flexibility index (Phi) is 7.15. The van der Waals surface area contributed by atoms with E-state index in [1.807, 2.05) is 48.5 Å². The number of rotatable bonds is 7. The van der Waals surface area contributed by atoms with E-state index in [1.165, 1.54) is 0 Å². The number of hydrogen-bond donors (Lipinski definition) is 1. The van der Waals surface area contributed by atoms with Crippen LogP contribution in [0.25, 0.3) is 6.08 Å². The number of carbonyl (C=O) groups is 4. The average molecular weight is 484 g/mol. The molecule has 2 aromatic carbocycles. The minimum Gasteiger partial charge on any atom is -0.354 e. The van der Waals surface area contributed by atoms with E-state index in [0.29, 0.717) is 23.0 Å². The number of likely N-dealkylation sites (tertiary alicyclic amines) is 1. The Morgan fingerprint density at radius 3 is 2.58 bits per heavy atom. The lowest BCUT2D eigenvalue weighted by molar-refractivity contribution is -0.129. The molecule has 9 heteroatoms. The number of carbonyl (C=O) groups excluding carboxylic acids is 4. The Morgan fingerprint density at radius 2 is 1.82 bits per heavy atom. The number of imide groups is 1. The van der Waals surface area contributed by atoms with Gasteiger partial charge in [-0.3, -0.25) is 24.1 Å². The molecule has 0 saturated carbocycles. The molecule has 1 unspecified atom stereocenters. The van der Waals surface area contributed by atoms with E-state index in [1.54, 1.807) is 17.0 Å². The average Bonchev–Trinajstić information content (AvgIpc) is 3.30. The molecule has 7 nitrogen and oxygen atoms in total. The zero-order valence-corrected chi connectivity index (χ0v) is 19.3. The van der Waals surface area contributed by atoms with Crippen LogP contribution in [0.15, 0.2) is 59.5 Å². The first kappa shape index (κ1) is 23.1. The molecule has 0 spiro atoms. The number of halogens is 1. The molecule has 1 N–H and O–H groups in total. The summed E-state index contributed by atoms with van der Waals surface area (Å²) in [5, 5.41) is 2.97. The van der Waals surface area contributed by atoms with E-state index in [4.69, 9.17) is 11.6 Å². The zero-order valence-electron chi connectivity index (χ0n) is 17.7. The van der Waals surface area contributed by atoms with Crippen LogP contribution >= 0.6 is 23.4 Å². The molecule has 2 fully saturated rings. The van der Waals surface area contributed by atoms with Gasteiger partial charge < -0.3 is 10.2 Å². The molecule has 1 atom stereocenters. The summed E-state index contributed by atoms with van der Waals surface area (Å²) in [6.45, 7) is 0.862. The molecule has 0 aliphatic carbocycles. The summed E-state index contributed by atoms with van der Waals surface area (Å²) in [5.74, 6) is -1.22. The van der Waals surface area contributed by atoms with Gasteiger partial charge in [0.1, 0.15) is 0 Å². The lowest BCUT2D eigenvalue weighted by Gasteiger charge is -2.18. The van der Waals surface area contributed by atoms with Crippen molar-refractivity contribution in [3.8, 4) is 0 Å². The maximum atomic E-state index is 12.6. The fourth-order valence-corrected chi connectivity index (χ4v) is 4.82. The number of benzene rings is 2. The van der Waals surface area contributed by atoms with Gasteiger partial charge in [-0.1, -0.05) is 60.1 Å². The van der Waals surface area contributed by atoms with Crippen LogP contribution in [-0.2, 0) is 20.9 Å². The highest BCUT2D eigenvalue weighted by molar-refractivity contribution is 8.18. The highest BCUT2D eigenvalue weighted by Gasteiger charge is 2.36. The second-order valence-electron chi connectivity index (χ2n) is 7.80. The van der Waals surface area contributed by atoms with Gasteiger partial charge in [-0.2, -0.15) is 0 Å². The summed E-state index contributed by atoms with van der Waals surface area (Å²) in [6, 6.07) is 16.6. The first-order valence-corrected chi connectivity index (χ1v) is 11.7.